The molecule has 2 heterocycles. The lowest BCUT2D eigenvalue weighted by molar-refractivity contribution is -0.124. The number of amides is 2. The van der Waals surface area contributed by atoms with Crippen LogP contribution in [0.15, 0.2) is 36.6 Å². The monoisotopic (exact) mass is 312 g/mol. The van der Waals surface area contributed by atoms with Gasteiger partial charge in [-0.15, -0.1) is 0 Å². The number of anilines is 1. The van der Waals surface area contributed by atoms with Gasteiger partial charge in [0.1, 0.15) is 5.75 Å². The van der Waals surface area contributed by atoms with Crippen LogP contribution >= 0.6 is 0 Å². The van der Waals surface area contributed by atoms with Gasteiger partial charge in [0.2, 0.25) is 11.8 Å². The van der Waals surface area contributed by atoms with Crippen LogP contribution in [0.1, 0.15) is 24.8 Å². The fourth-order valence-electron chi connectivity index (χ4n) is 3.04. The van der Waals surface area contributed by atoms with Crippen molar-refractivity contribution < 1.29 is 14.3 Å². The number of hydrogen-bond donors (Lipinski definition) is 1. The highest BCUT2D eigenvalue weighted by molar-refractivity contribution is 6.07. The van der Waals surface area contributed by atoms with Gasteiger partial charge in [-0.1, -0.05) is 12.7 Å². The number of carbonyl (C=O) groups excluding carboxylic acids is 2. The van der Waals surface area contributed by atoms with E-state index in [0.29, 0.717) is 12.2 Å². The number of rotatable bonds is 2. The predicted octanol–water partition coefficient (Wildman–Crippen LogP) is 2.49. The van der Waals surface area contributed by atoms with E-state index in [-0.39, 0.29) is 17.7 Å². The number of methoxy groups -OCH3 is 1. The minimum Gasteiger partial charge on any atom is -0.497 e. The molecule has 0 spiro atoms. The summed E-state index contributed by atoms with van der Waals surface area (Å²) in [7, 11) is 3.36. The third-order valence-electron chi connectivity index (χ3n) is 4.42. The van der Waals surface area contributed by atoms with Crippen molar-refractivity contribution in [2.75, 3.05) is 19.1 Å². The van der Waals surface area contributed by atoms with Crippen molar-refractivity contribution in [3.05, 3.63) is 42.1 Å². The Kier molecular flexibility index (Phi) is 3.94. The average Bonchev–Trinajstić information content (AvgIpc) is 2.54. The van der Waals surface area contributed by atoms with Crippen molar-refractivity contribution in [2.45, 2.75) is 19.3 Å². The van der Waals surface area contributed by atoms with Crippen molar-refractivity contribution in [3.63, 3.8) is 0 Å². The summed E-state index contributed by atoms with van der Waals surface area (Å²) in [4.78, 5) is 26.0. The van der Waals surface area contributed by atoms with Gasteiger partial charge in [-0.25, -0.2) is 0 Å². The molecule has 1 saturated heterocycles. The number of allylic oxidation sites excluding steroid dienone is 1. The second kappa shape index (κ2) is 5.91. The minimum atomic E-state index is -0.221. The number of benzene rings is 1. The van der Waals surface area contributed by atoms with E-state index in [0.717, 1.165) is 35.4 Å². The van der Waals surface area contributed by atoms with Crippen molar-refractivity contribution in [3.8, 4) is 5.75 Å². The maximum absolute atomic E-state index is 12.3. The summed E-state index contributed by atoms with van der Waals surface area (Å²) in [6.07, 6.45) is 3.73. The van der Waals surface area contributed by atoms with Crippen LogP contribution in [0.5, 0.6) is 5.75 Å². The molecule has 1 aromatic rings. The second-order valence-electron chi connectivity index (χ2n) is 5.94. The Balaban J connectivity index is 1.99. The van der Waals surface area contributed by atoms with E-state index in [4.69, 9.17) is 4.74 Å². The SMILES string of the molecule is C=C1CCC(/C=C2/CC(=O)N(C)c3cc(OC)ccc32)C(=O)N1. The summed E-state index contributed by atoms with van der Waals surface area (Å²) in [5, 5.41) is 2.79. The molecule has 0 radical (unpaired) electrons. The number of ether oxygens (including phenoxy) is 1. The number of nitrogens with zero attached hydrogens (tertiary/aromatic N) is 1. The maximum atomic E-state index is 12.3. The summed E-state index contributed by atoms with van der Waals surface area (Å²) < 4.78 is 5.25. The van der Waals surface area contributed by atoms with Crippen LogP contribution in [0.2, 0.25) is 0 Å². The first-order valence-electron chi connectivity index (χ1n) is 7.64. The van der Waals surface area contributed by atoms with Crippen LogP contribution in [-0.2, 0) is 9.59 Å². The molecule has 1 aromatic carbocycles. The molecule has 3 rings (SSSR count). The van der Waals surface area contributed by atoms with Gasteiger partial charge in [-0.3, -0.25) is 9.59 Å². The lowest BCUT2D eigenvalue weighted by Gasteiger charge is -2.29. The maximum Gasteiger partial charge on any atom is 0.231 e. The van der Waals surface area contributed by atoms with E-state index >= 15 is 0 Å². The third-order valence-corrected chi connectivity index (χ3v) is 4.42. The predicted molar refractivity (Wildman–Crippen MR) is 89.0 cm³/mol. The molecule has 0 aromatic heterocycles. The highest BCUT2D eigenvalue weighted by Crippen LogP contribution is 2.38. The highest BCUT2D eigenvalue weighted by Gasteiger charge is 2.28. The van der Waals surface area contributed by atoms with Gasteiger partial charge in [-0.2, -0.15) is 0 Å². The van der Waals surface area contributed by atoms with Crippen molar-refractivity contribution in [2.24, 2.45) is 5.92 Å². The number of fused-ring (bicyclic) bond motifs is 1. The van der Waals surface area contributed by atoms with Crippen LogP contribution in [-0.4, -0.2) is 26.0 Å². The van der Waals surface area contributed by atoms with E-state index in [1.165, 1.54) is 0 Å². The Morgan fingerprint density at radius 3 is 2.87 bits per heavy atom. The lowest BCUT2D eigenvalue weighted by Crippen LogP contribution is -2.34. The Morgan fingerprint density at radius 1 is 1.39 bits per heavy atom. The van der Waals surface area contributed by atoms with Gasteiger partial charge >= 0.3 is 0 Å². The number of nitrogens with one attached hydrogen (secondary N) is 1. The Bertz CT molecular complexity index is 721. The molecule has 1 unspecified atom stereocenters. The summed E-state index contributed by atoms with van der Waals surface area (Å²) in [6.45, 7) is 3.80. The van der Waals surface area contributed by atoms with Crippen LogP contribution in [0.25, 0.3) is 5.57 Å². The molecule has 2 aliphatic heterocycles. The zero-order chi connectivity index (χ0) is 16.6. The normalized spacial score (nSPS) is 22.9. The molecule has 1 atom stereocenters. The second-order valence-corrected chi connectivity index (χ2v) is 5.94. The van der Waals surface area contributed by atoms with E-state index in [1.807, 2.05) is 24.3 Å². The van der Waals surface area contributed by atoms with Gasteiger partial charge in [0, 0.05) is 24.4 Å². The van der Waals surface area contributed by atoms with Crippen molar-refractivity contribution in [1.29, 1.82) is 0 Å². The van der Waals surface area contributed by atoms with Crippen LogP contribution in [0.4, 0.5) is 5.69 Å². The molecule has 2 amide bonds. The molecule has 0 bridgehead atoms. The quantitative estimate of drug-likeness (QED) is 0.913. The molecule has 1 N–H and O–H groups in total. The van der Waals surface area contributed by atoms with Gasteiger partial charge in [-0.05, 0) is 30.5 Å². The Morgan fingerprint density at radius 2 is 2.17 bits per heavy atom. The first kappa shape index (κ1) is 15.3. The lowest BCUT2D eigenvalue weighted by atomic mass is 9.88. The molecule has 1 fully saturated rings. The summed E-state index contributed by atoms with van der Waals surface area (Å²) in [6, 6.07) is 5.67. The molecule has 23 heavy (non-hydrogen) atoms. The molecule has 0 saturated carbocycles. The largest absolute Gasteiger partial charge is 0.497 e. The Hall–Kier alpha value is -2.56. The topological polar surface area (TPSA) is 58.6 Å². The summed E-state index contributed by atoms with van der Waals surface area (Å²) >= 11 is 0. The zero-order valence-electron chi connectivity index (χ0n) is 13.4. The fourth-order valence-corrected chi connectivity index (χ4v) is 3.04. The fraction of sp³-hybridized carbons (Fsp3) is 0.333. The zero-order valence-corrected chi connectivity index (χ0v) is 13.4. The van der Waals surface area contributed by atoms with Crippen molar-refractivity contribution in [1.82, 2.24) is 5.32 Å². The van der Waals surface area contributed by atoms with Gasteiger partial charge in [0.05, 0.1) is 25.1 Å². The number of hydrogen-bond acceptors (Lipinski definition) is 3. The number of carbonyl (C=O) groups is 2. The van der Waals surface area contributed by atoms with Crippen LogP contribution in [0, 0.1) is 5.92 Å². The van der Waals surface area contributed by atoms with E-state index in [2.05, 4.69) is 11.9 Å². The standard InChI is InChI=1S/C18H20N2O3/c1-11-4-5-12(18(22)19-11)8-13-9-17(21)20(2)16-10-14(23-3)6-7-15(13)16/h6-8,10,12H,1,4-5,9H2,2-3H3,(H,19,22)/b13-8-. The minimum absolute atomic E-state index is 0.0117. The van der Waals surface area contributed by atoms with Gasteiger partial charge in [0.25, 0.3) is 0 Å². The van der Waals surface area contributed by atoms with E-state index < -0.39 is 0 Å². The number of piperidine rings is 1. The van der Waals surface area contributed by atoms with Crippen molar-refractivity contribution >= 4 is 23.1 Å². The highest BCUT2D eigenvalue weighted by atomic mass is 16.5. The molecule has 2 aliphatic rings. The molecule has 120 valence electrons. The van der Waals surface area contributed by atoms with Gasteiger partial charge < -0.3 is 15.0 Å². The van der Waals surface area contributed by atoms with Crippen LogP contribution < -0.4 is 15.0 Å². The molecule has 5 nitrogen and oxygen atoms in total. The smallest absolute Gasteiger partial charge is 0.231 e. The summed E-state index contributed by atoms with van der Waals surface area (Å²) in [5.74, 6) is 0.450. The summed E-state index contributed by atoms with van der Waals surface area (Å²) in [5.41, 5.74) is 3.45. The van der Waals surface area contributed by atoms with E-state index in [1.54, 1.807) is 19.1 Å². The molecule has 5 heteroatoms. The van der Waals surface area contributed by atoms with E-state index in [9.17, 15) is 9.59 Å². The first-order valence-corrected chi connectivity index (χ1v) is 7.64. The third kappa shape index (κ3) is 2.86. The van der Waals surface area contributed by atoms with Crippen LogP contribution in [0.3, 0.4) is 0 Å². The molecular formula is C18H20N2O3. The molecular weight excluding hydrogens is 292 g/mol. The van der Waals surface area contributed by atoms with Gasteiger partial charge in [0.15, 0.2) is 0 Å². The average molecular weight is 312 g/mol. The molecule has 0 aliphatic carbocycles. The first-order chi connectivity index (χ1) is 11.0. The Labute approximate surface area is 135 Å².